The van der Waals surface area contributed by atoms with Gasteiger partial charge >= 0.3 is 25.8 Å². The van der Waals surface area contributed by atoms with Gasteiger partial charge in [-0.3, -0.25) is 0 Å². The van der Waals surface area contributed by atoms with Crippen LogP contribution >= 0.6 is 95.6 Å². The van der Waals surface area contributed by atoms with E-state index >= 15 is 0 Å². The van der Waals surface area contributed by atoms with Gasteiger partial charge in [-0.2, -0.15) is 0 Å². The van der Waals surface area contributed by atoms with Crippen molar-refractivity contribution in [2.24, 2.45) is 0 Å². The summed E-state index contributed by atoms with van der Waals surface area (Å²) in [6.45, 7) is 0. The number of hydrogen-bond acceptors (Lipinski definition) is 6. The third-order valence-corrected chi connectivity index (χ3v) is 7.82. The SMILES string of the molecule is O=C([O-])C(Br)CBr.O=C([O-])C(Br)CBr.O=C([O-])C(Br)CBr.[In+3]. The number of carbonyl (C=O) groups is 3. The first kappa shape index (κ1) is 31.9. The molecular formula is C9H9Br6InO6. The summed E-state index contributed by atoms with van der Waals surface area (Å²) in [6, 6.07) is 0. The van der Waals surface area contributed by atoms with Gasteiger partial charge in [-0.1, -0.05) is 95.6 Å². The summed E-state index contributed by atoms with van der Waals surface area (Å²) in [4.78, 5) is 27.5. The van der Waals surface area contributed by atoms with Gasteiger partial charge in [-0.05, 0) is 0 Å². The zero-order valence-corrected chi connectivity index (χ0v) is 23.5. The molecule has 13 heteroatoms. The van der Waals surface area contributed by atoms with E-state index in [4.69, 9.17) is 0 Å². The molecule has 0 fully saturated rings. The van der Waals surface area contributed by atoms with E-state index in [1.54, 1.807) is 0 Å². The van der Waals surface area contributed by atoms with Gasteiger partial charge in [-0.25, -0.2) is 0 Å². The average molecular weight is 807 g/mol. The van der Waals surface area contributed by atoms with Crippen LogP contribution < -0.4 is 15.3 Å². The van der Waals surface area contributed by atoms with Crippen LogP contribution in [0.2, 0.25) is 0 Å². The Balaban J connectivity index is -0.000000108. The van der Waals surface area contributed by atoms with Gasteiger partial charge in [0.25, 0.3) is 0 Å². The normalized spacial score (nSPS) is 12.8. The summed E-state index contributed by atoms with van der Waals surface area (Å²) in [5, 5.41) is 30.4. The van der Waals surface area contributed by atoms with Crippen molar-refractivity contribution < 1.29 is 29.7 Å². The smallest absolute Gasteiger partial charge is 0.549 e. The average Bonchev–Trinajstić information content (AvgIpc) is 2.45. The predicted octanol–water partition coefficient (Wildman–Crippen LogP) is -0.697. The van der Waals surface area contributed by atoms with Gasteiger partial charge in [0.05, 0.1) is 32.4 Å². The second kappa shape index (κ2) is 21.2. The van der Waals surface area contributed by atoms with Crippen LogP contribution in [0.5, 0.6) is 0 Å². The summed E-state index contributed by atoms with van der Waals surface area (Å²) >= 11 is 17.3. The third-order valence-electron chi connectivity index (χ3n) is 1.17. The maximum absolute atomic E-state index is 9.74. The molecule has 0 saturated heterocycles. The molecule has 0 bridgehead atoms. The Bertz CT molecular complexity index is 273. The Kier molecular flexibility index (Phi) is 30.7. The van der Waals surface area contributed by atoms with E-state index < -0.39 is 32.4 Å². The molecule has 0 amide bonds. The van der Waals surface area contributed by atoms with Crippen molar-refractivity contribution in [3.8, 4) is 0 Å². The van der Waals surface area contributed by atoms with Crippen LogP contribution in [0.15, 0.2) is 0 Å². The number of carboxylic acids is 3. The minimum atomic E-state index is -1.09. The molecule has 0 saturated carbocycles. The summed E-state index contributed by atoms with van der Waals surface area (Å²) in [5.74, 6) is -3.26. The molecule has 0 aromatic rings. The fraction of sp³-hybridized carbons (Fsp3) is 0.667. The Morgan fingerprint density at radius 3 is 0.773 bits per heavy atom. The van der Waals surface area contributed by atoms with E-state index in [-0.39, 0.29) is 25.8 Å². The molecule has 0 radical (unpaired) electrons. The molecule has 0 rings (SSSR count). The predicted molar refractivity (Wildman–Crippen MR) is 100 cm³/mol. The summed E-state index contributed by atoms with van der Waals surface area (Å²) < 4.78 is 0. The van der Waals surface area contributed by atoms with E-state index in [2.05, 4.69) is 95.6 Å². The van der Waals surface area contributed by atoms with E-state index in [1.165, 1.54) is 0 Å². The van der Waals surface area contributed by atoms with Crippen LogP contribution in [0.25, 0.3) is 0 Å². The van der Waals surface area contributed by atoms with Gasteiger partial charge in [0.2, 0.25) is 0 Å². The number of carbonyl (C=O) groups excluding carboxylic acids is 3. The number of alkyl halides is 6. The van der Waals surface area contributed by atoms with E-state index in [9.17, 15) is 29.7 Å². The van der Waals surface area contributed by atoms with Crippen LogP contribution in [0.4, 0.5) is 0 Å². The summed E-state index contributed by atoms with van der Waals surface area (Å²) in [6.07, 6.45) is 0. The van der Waals surface area contributed by atoms with Crippen molar-refractivity contribution in [3.63, 3.8) is 0 Å². The monoisotopic (exact) mass is 801 g/mol. The van der Waals surface area contributed by atoms with Gasteiger partial charge in [0.1, 0.15) is 0 Å². The fourth-order valence-electron chi connectivity index (χ4n) is 0.189. The maximum Gasteiger partial charge on any atom is 3.00 e. The molecule has 0 N–H and O–H groups in total. The Morgan fingerprint density at radius 1 is 0.636 bits per heavy atom. The van der Waals surface area contributed by atoms with E-state index in [1.807, 2.05) is 0 Å². The third kappa shape index (κ3) is 24.4. The van der Waals surface area contributed by atoms with Gasteiger partial charge < -0.3 is 29.7 Å². The van der Waals surface area contributed by atoms with E-state index in [0.717, 1.165) is 0 Å². The molecule has 0 heterocycles. The standard InChI is InChI=1S/3C3H4Br2O2.In/c3*4-1-2(5)3(6)7;/h3*2H,1H2,(H,6,7);/q;;;+3/p-3. The second-order valence-corrected chi connectivity index (χ2v) is 8.08. The quantitative estimate of drug-likeness (QED) is 0.328. The summed E-state index contributed by atoms with van der Waals surface area (Å²) in [5.41, 5.74) is 0. The molecule has 0 aliphatic heterocycles. The summed E-state index contributed by atoms with van der Waals surface area (Å²) in [7, 11) is 0. The minimum absolute atomic E-state index is 0. The molecule has 0 aliphatic rings. The first-order valence-electron chi connectivity index (χ1n) is 4.77. The van der Waals surface area contributed by atoms with Crippen LogP contribution in [0.1, 0.15) is 0 Å². The number of aliphatic carboxylic acids is 3. The zero-order valence-electron chi connectivity index (χ0n) is 10.6. The largest absolute Gasteiger partial charge is 3.00 e. The van der Waals surface area contributed by atoms with Crippen LogP contribution in [-0.4, -0.2) is 74.2 Å². The molecular weight excluding hydrogens is 798 g/mol. The van der Waals surface area contributed by atoms with Crippen molar-refractivity contribution >= 4 is 139 Å². The van der Waals surface area contributed by atoms with Gasteiger partial charge in [0.15, 0.2) is 0 Å². The Labute approximate surface area is 197 Å². The zero-order chi connectivity index (χ0) is 17.6. The van der Waals surface area contributed by atoms with E-state index in [0.29, 0.717) is 16.0 Å². The number of carboxylic acid groups (broad SMARTS) is 3. The Hall–Kier alpha value is 2.16. The topological polar surface area (TPSA) is 120 Å². The van der Waals surface area contributed by atoms with Gasteiger partial charge in [-0.15, -0.1) is 0 Å². The number of hydrogen-bond donors (Lipinski definition) is 0. The second-order valence-electron chi connectivity index (χ2n) is 2.82. The van der Waals surface area contributed by atoms with Crippen molar-refractivity contribution in [2.45, 2.75) is 14.5 Å². The van der Waals surface area contributed by atoms with Crippen molar-refractivity contribution in [1.82, 2.24) is 0 Å². The van der Waals surface area contributed by atoms with Crippen LogP contribution in [0, 0.1) is 0 Å². The maximum atomic E-state index is 9.74. The molecule has 0 spiro atoms. The molecule has 22 heavy (non-hydrogen) atoms. The fourth-order valence-corrected chi connectivity index (χ4v) is 0.982. The first-order chi connectivity index (χ1) is 9.54. The molecule has 0 aromatic carbocycles. The van der Waals surface area contributed by atoms with Crippen LogP contribution in [-0.2, 0) is 14.4 Å². The van der Waals surface area contributed by atoms with Gasteiger partial charge in [0, 0.05) is 16.0 Å². The van der Waals surface area contributed by atoms with Crippen molar-refractivity contribution in [1.29, 1.82) is 0 Å². The number of halogens is 6. The molecule has 3 atom stereocenters. The minimum Gasteiger partial charge on any atom is -0.549 e. The van der Waals surface area contributed by atoms with Crippen LogP contribution in [0.3, 0.4) is 0 Å². The molecule has 3 unspecified atom stereocenters. The molecule has 126 valence electrons. The Morgan fingerprint density at radius 2 is 0.773 bits per heavy atom. The molecule has 0 aromatic heterocycles. The van der Waals surface area contributed by atoms with Crippen molar-refractivity contribution in [3.05, 3.63) is 0 Å². The van der Waals surface area contributed by atoms with Crippen molar-refractivity contribution in [2.75, 3.05) is 16.0 Å². The molecule has 0 aliphatic carbocycles. The number of rotatable bonds is 6. The first-order valence-corrected chi connectivity index (χ1v) is 10.9. The molecule has 6 nitrogen and oxygen atoms in total.